The minimum absolute atomic E-state index is 0.365. The summed E-state index contributed by atoms with van der Waals surface area (Å²) >= 11 is 1.38. The van der Waals surface area contributed by atoms with Crippen LogP contribution in [0.2, 0.25) is 0 Å². The molecule has 0 aromatic heterocycles. The van der Waals surface area contributed by atoms with Gasteiger partial charge < -0.3 is 5.11 Å². The van der Waals surface area contributed by atoms with Gasteiger partial charge in [0, 0.05) is 16.5 Å². The topological polar surface area (TPSA) is 20.2 Å². The van der Waals surface area contributed by atoms with Crippen molar-refractivity contribution in [2.45, 2.75) is 11.5 Å². The van der Waals surface area contributed by atoms with Crippen molar-refractivity contribution in [2.75, 3.05) is 0 Å². The van der Waals surface area contributed by atoms with Crippen LogP contribution in [0, 0.1) is 116 Å². The van der Waals surface area contributed by atoms with E-state index >= 15 is 35.1 Å². The first kappa shape index (κ1) is 48.1. The van der Waals surface area contributed by atoms with E-state index in [0.29, 0.717) is 5.75 Å². The van der Waals surface area contributed by atoms with Gasteiger partial charge in [-0.05, 0) is 23.2 Å². The number of aromatic hydroxyl groups is 1. The fourth-order valence-electron chi connectivity index (χ4n) is 7.25. The molecule has 1 nitrogen and oxygen atoms in total. The molecule has 0 heterocycles. The molecule has 1 N–H and O–H groups in total. The molecule has 0 aliphatic rings. The third kappa shape index (κ3) is 7.75. The molecule has 0 radical (unpaired) electrons. The fraction of sp³-hybridized carbons (Fsp3) is 0.0476. The van der Waals surface area contributed by atoms with E-state index in [1.165, 1.54) is 22.9 Å². The lowest BCUT2D eigenvalue weighted by Gasteiger charge is -2.44. The average molecular weight is 960 g/mol. The van der Waals surface area contributed by atoms with Crippen LogP contribution in [-0.4, -0.2) is 11.3 Å². The van der Waals surface area contributed by atoms with Crippen LogP contribution in [0.1, 0.15) is 11.1 Å². The third-order valence-electron chi connectivity index (χ3n) is 10.1. The predicted molar refractivity (Wildman–Crippen MR) is 197 cm³/mol. The predicted octanol–water partition coefficient (Wildman–Crippen LogP) is 9.91. The molecule has 0 saturated carbocycles. The van der Waals surface area contributed by atoms with Crippen LogP contribution < -0.4 is 21.9 Å². The highest BCUT2D eigenvalue weighted by Gasteiger charge is 2.52. The normalized spacial score (nSPS) is 11.6. The Hall–Kier alpha value is -6.39. The first-order chi connectivity index (χ1) is 30.5. The molecule has 7 rings (SSSR count). The highest BCUT2D eigenvalue weighted by molar-refractivity contribution is 7.76. The van der Waals surface area contributed by atoms with Crippen molar-refractivity contribution in [3.05, 3.63) is 194 Å². The van der Waals surface area contributed by atoms with Crippen LogP contribution in [0.15, 0.2) is 66.7 Å². The Bertz CT molecular complexity index is 2660. The molecule has 65 heavy (non-hydrogen) atoms. The SMILES string of the molecule is Fc1c(F)c(F)c([B-](c2c(F)c(F)c(F)c(F)c2F)(c2c(F)c(F)c(F)c(F)c2F)c2c(F)c(F)c(F)c(F)c2F)c(F)c1F.Oc1ccc(C[SH+]Cc2ccccc2)c2ccccc12. The molecule has 0 fully saturated rings. The van der Waals surface area contributed by atoms with E-state index in [-0.39, 0.29) is 0 Å². The number of hydrogen-bond donors (Lipinski definition) is 1. The third-order valence-corrected chi connectivity index (χ3v) is 11.3. The molecule has 0 spiro atoms. The Kier molecular flexibility index (Phi) is 13.5. The summed E-state index contributed by atoms with van der Waals surface area (Å²) in [4.78, 5) is 0. The maximum atomic E-state index is 15.4. The zero-order valence-electron chi connectivity index (χ0n) is 31.3. The lowest BCUT2D eigenvalue weighted by atomic mass is 9.12. The van der Waals surface area contributed by atoms with Crippen molar-refractivity contribution in [1.29, 1.82) is 0 Å². The number of benzene rings is 7. The van der Waals surface area contributed by atoms with Crippen LogP contribution >= 0.6 is 0 Å². The second-order valence-corrected chi connectivity index (χ2v) is 14.7. The van der Waals surface area contributed by atoms with Gasteiger partial charge in [0.1, 0.15) is 69.9 Å². The van der Waals surface area contributed by atoms with Crippen LogP contribution in [0.4, 0.5) is 87.8 Å². The molecule has 7 aromatic rings. The van der Waals surface area contributed by atoms with Crippen molar-refractivity contribution >= 4 is 50.5 Å². The van der Waals surface area contributed by atoms with Crippen LogP contribution in [-0.2, 0) is 23.3 Å². The second kappa shape index (κ2) is 18.2. The molecule has 0 saturated heterocycles. The van der Waals surface area contributed by atoms with Gasteiger partial charge in [-0.2, -0.15) is 0 Å². The van der Waals surface area contributed by atoms with E-state index < -0.39 is 144 Å². The molecular weight excluding hydrogens is 943 g/mol. The van der Waals surface area contributed by atoms with Gasteiger partial charge in [0.25, 0.3) is 0 Å². The smallest absolute Gasteiger partial charge is 0.200 e. The Morgan fingerprint density at radius 2 is 0.585 bits per heavy atom. The summed E-state index contributed by atoms with van der Waals surface area (Å²) in [5.74, 6) is -69.0. The van der Waals surface area contributed by atoms with E-state index in [9.17, 15) is 57.8 Å². The molecule has 0 aliphatic heterocycles. The minimum Gasteiger partial charge on any atom is -0.507 e. The largest absolute Gasteiger partial charge is 0.507 e. The maximum absolute atomic E-state index is 15.4. The summed E-state index contributed by atoms with van der Waals surface area (Å²) in [5.41, 5.74) is -11.7. The number of fused-ring (bicyclic) bond motifs is 1. The summed E-state index contributed by atoms with van der Waals surface area (Å²) in [6.07, 6.45) is -7.22. The Morgan fingerprint density at radius 1 is 0.308 bits per heavy atom. The van der Waals surface area contributed by atoms with Gasteiger partial charge in [-0.1, -0.05) is 60.7 Å². The van der Waals surface area contributed by atoms with Crippen molar-refractivity contribution in [2.24, 2.45) is 0 Å². The van der Waals surface area contributed by atoms with Gasteiger partial charge in [-0.3, -0.25) is 0 Å². The number of phenolic OH excluding ortho intramolecular Hbond substituents is 1. The Labute approximate surface area is 354 Å². The minimum atomic E-state index is -7.22. The second-order valence-electron chi connectivity index (χ2n) is 13.6. The Morgan fingerprint density at radius 3 is 0.908 bits per heavy atom. The van der Waals surface area contributed by atoms with Crippen LogP contribution in [0.5, 0.6) is 5.75 Å². The van der Waals surface area contributed by atoms with Crippen molar-refractivity contribution in [3.8, 4) is 5.75 Å². The molecule has 0 unspecified atom stereocenters. The average Bonchev–Trinajstić information content (AvgIpc) is 3.30. The zero-order valence-corrected chi connectivity index (χ0v) is 32.2. The van der Waals surface area contributed by atoms with Gasteiger partial charge in [-0.25, -0.2) is 87.8 Å². The maximum Gasteiger partial charge on any atom is 0.200 e. The summed E-state index contributed by atoms with van der Waals surface area (Å²) < 4.78 is 294. The molecule has 340 valence electrons. The quantitative estimate of drug-likeness (QED) is 0.0402. The van der Waals surface area contributed by atoms with Crippen molar-refractivity contribution < 1.29 is 92.9 Å². The van der Waals surface area contributed by atoms with Gasteiger partial charge in [-0.15, -0.1) is 21.9 Å². The summed E-state index contributed by atoms with van der Waals surface area (Å²) in [7, 11) is 0. The Balaban J connectivity index is 0.000000289. The molecule has 0 bridgehead atoms. The lowest BCUT2D eigenvalue weighted by molar-refractivity contribution is 0.378. The van der Waals surface area contributed by atoms with Crippen molar-refractivity contribution in [3.63, 3.8) is 0 Å². The molecule has 23 heteroatoms. The first-order valence-electron chi connectivity index (χ1n) is 17.6. The summed E-state index contributed by atoms with van der Waals surface area (Å²) in [5, 5.41) is 12.0. The fourth-order valence-corrected chi connectivity index (χ4v) is 8.34. The van der Waals surface area contributed by atoms with Gasteiger partial charge in [0.05, 0.1) is 0 Å². The van der Waals surface area contributed by atoms with E-state index in [1.807, 2.05) is 30.3 Å². The molecule has 7 aromatic carbocycles. The number of hydrogen-bond acceptors (Lipinski definition) is 1. The molecule has 0 aliphatic carbocycles. The number of phenols is 1. The van der Waals surface area contributed by atoms with E-state index in [4.69, 9.17) is 0 Å². The summed E-state index contributed by atoms with van der Waals surface area (Å²) in [6.45, 7) is 0. The molecule has 0 amide bonds. The highest BCUT2D eigenvalue weighted by atomic mass is 32.2. The van der Waals surface area contributed by atoms with E-state index in [0.717, 1.165) is 22.3 Å². The van der Waals surface area contributed by atoms with Gasteiger partial charge >= 0.3 is 0 Å². The number of rotatable bonds is 8. The first-order valence-corrected chi connectivity index (χ1v) is 18.9. The van der Waals surface area contributed by atoms with Gasteiger partial charge in [0.15, 0.2) is 69.8 Å². The van der Waals surface area contributed by atoms with Crippen LogP contribution in [0.25, 0.3) is 10.8 Å². The van der Waals surface area contributed by atoms with E-state index in [2.05, 4.69) is 30.3 Å². The zero-order chi connectivity index (χ0) is 48.1. The lowest BCUT2D eigenvalue weighted by Crippen LogP contribution is -2.81. The monoisotopic (exact) mass is 960 g/mol. The van der Waals surface area contributed by atoms with Crippen molar-refractivity contribution in [1.82, 2.24) is 0 Å². The van der Waals surface area contributed by atoms with Gasteiger partial charge in [0.2, 0.25) is 0 Å². The van der Waals surface area contributed by atoms with Crippen LogP contribution in [0.3, 0.4) is 0 Å². The number of halogens is 20. The molecular formula is C42H17BF20OS. The highest BCUT2D eigenvalue weighted by Crippen LogP contribution is 2.32. The standard InChI is InChI=1S/C24BF20.C18H16OS/c26-5-1(6(27)14(35)21(42)13(5)34)25(2-7(28)15(36)22(43)16(37)8(2)29,3-9(30)17(38)23(44)18(39)10(3)31)4-11(32)19(40)24(45)20(41)12(4)33;19-18-11-10-15(16-8-4-5-9-17(16)18)13-20-12-14-6-2-1-3-7-14/h;1-11,19H,12-13H2/q-1;/p+1. The summed E-state index contributed by atoms with van der Waals surface area (Å²) in [6, 6.07) is 22.4. The number of thiol groups is 1. The van der Waals surface area contributed by atoms with E-state index in [1.54, 1.807) is 6.07 Å². The molecule has 0 atom stereocenters.